The van der Waals surface area contributed by atoms with Gasteiger partial charge in [0.15, 0.2) is 17.5 Å². The molecule has 0 fully saturated rings. The van der Waals surface area contributed by atoms with E-state index in [-0.39, 0.29) is 5.69 Å². The Balaban J connectivity index is 1.16. The lowest BCUT2D eigenvalue weighted by molar-refractivity contribution is 0.672. The highest BCUT2D eigenvalue weighted by Crippen LogP contribution is 2.36. The molecule has 0 aliphatic heterocycles. The summed E-state index contributed by atoms with van der Waals surface area (Å²) in [5, 5.41) is 4.31. The summed E-state index contributed by atoms with van der Waals surface area (Å²) < 4.78 is 9.70. The molecule has 3 aromatic heterocycles. The zero-order valence-electron chi connectivity index (χ0n) is 25.7. The summed E-state index contributed by atoms with van der Waals surface area (Å²) in [4.78, 5) is 27.3. The van der Waals surface area contributed by atoms with Gasteiger partial charge in [-0.15, -0.1) is 0 Å². The van der Waals surface area contributed by atoms with Gasteiger partial charge in [0.25, 0.3) is 0 Å². The molecule has 0 aliphatic carbocycles. The van der Waals surface area contributed by atoms with E-state index in [1.165, 1.54) is 0 Å². The molecule has 0 unspecified atom stereocenters. The fourth-order valence-electron chi connectivity index (χ4n) is 6.49. The second-order valence-electron chi connectivity index (χ2n) is 11.8. The van der Waals surface area contributed by atoms with Crippen LogP contribution >= 0.6 is 0 Å². The molecule has 9 aromatic rings. The van der Waals surface area contributed by atoms with Crippen molar-refractivity contribution in [1.82, 2.24) is 24.1 Å². The topological polar surface area (TPSA) is 78.7 Å². The predicted molar refractivity (Wildman–Crippen MR) is 188 cm³/mol. The summed E-state index contributed by atoms with van der Waals surface area (Å²) in [7, 11) is 3.60. The summed E-state index contributed by atoms with van der Waals surface area (Å²) in [5.41, 5.74) is 8.19. The molecule has 0 spiro atoms. The predicted octanol–water partition coefficient (Wildman–Crippen LogP) is 8.78. The number of fused-ring (bicyclic) bond motifs is 6. The van der Waals surface area contributed by atoms with Crippen LogP contribution in [0, 0.1) is 0 Å². The summed E-state index contributed by atoms with van der Waals surface area (Å²) in [6, 6.07) is 42.9. The van der Waals surface area contributed by atoms with E-state index in [0.29, 0.717) is 17.5 Å². The normalized spacial score (nSPS) is 11.7. The zero-order valence-corrected chi connectivity index (χ0v) is 25.7. The van der Waals surface area contributed by atoms with Crippen LogP contribution in [0.15, 0.2) is 137 Å². The molecular weight excluding hydrogens is 582 g/mol. The molecule has 224 valence electrons. The smallest absolute Gasteiger partial charge is 0.328 e. The molecule has 3 heterocycles. The fraction of sp³-hybridized carbons (Fsp3) is 0.0500. The molecule has 9 rings (SSSR count). The quantitative estimate of drug-likeness (QED) is 0.199. The molecule has 0 aliphatic rings. The lowest BCUT2D eigenvalue weighted by Crippen LogP contribution is -2.19. The molecule has 0 atom stereocenters. The van der Waals surface area contributed by atoms with E-state index in [9.17, 15) is 4.79 Å². The van der Waals surface area contributed by atoms with Crippen molar-refractivity contribution >= 4 is 43.7 Å². The molecule has 0 N–H and O–H groups in total. The molecule has 0 saturated carbocycles. The third-order valence-corrected chi connectivity index (χ3v) is 9.04. The SMILES string of the molecule is Cn1c(=O)n(C)c2cc(-c3ccc(-c4nc(-c5ccccc5)nc(-c5ccc6oc7c8ccccc8ccc7c6c5)n4)cc3)ccc21. The first kappa shape index (κ1) is 27.0. The lowest BCUT2D eigenvalue weighted by Gasteiger charge is -2.09. The van der Waals surface area contributed by atoms with Crippen molar-refractivity contribution in [1.29, 1.82) is 0 Å². The molecular formula is C40H27N5O2. The van der Waals surface area contributed by atoms with Crippen molar-refractivity contribution in [2.45, 2.75) is 0 Å². The largest absolute Gasteiger partial charge is 0.455 e. The maximum Gasteiger partial charge on any atom is 0.328 e. The summed E-state index contributed by atoms with van der Waals surface area (Å²) >= 11 is 0. The maximum absolute atomic E-state index is 12.5. The fourth-order valence-corrected chi connectivity index (χ4v) is 6.49. The molecule has 6 aromatic carbocycles. The Morgan fingerprint density at radius 1 is 0.489 bits per heavy atom. The first-order valence-electron chi connectivity index (χ1n) is 15.4. The van der Waals surface area contributed by atoms with Crippen LogP contribution in [-0.2, 0) is 14.1 Å². The Kier molecular flexibility index (Phi) is 5.95. The van der Waals surface area contributed by atoms with Crippen molar-refractivity contribution in [3.8, 4) is 45.3 Å². The standard InChI is InChI=1S/C40H27N5O2/c1-44-33-20-17-28(23-34(33)45(2)40(44)46)24-12-14-27(15-13-24)38-41-37(26-9-4-3-5-10-26)42-39(43-38)29-18-21-35-32(22-29)31-19-16-25-8-6-7-11-30(25)36(31)47-35/h3-23H,1-2H3. The number of aromatic nitrogens is 5. The number of rotatable bonds is 4. The molecule has 47 heavy (non-hydrogen) atoms. The van der Waals surface area contributed by atoms with E-state index < -0.39 is 0 Å². The number of hydrogen-bond donors (Lipinski definition) is 0. The zero-order chi connectivity index (χ0) is 31.6. The van der Waals surface area contributed by atoms with Gasteiger partial charge in [0.2, 0.25) is 0 Å². The van der Waals surface area contributed by atoms with Crippen molar-refractivity contribution in [3.63, 3.8) is 0 Å². The van der Waals surface area contributed by atoms with Gasteiger partial charge >= 0.3 is 5.69 Å². The second kappa shape index (κ2) is 10.4. The van der Waals surface area contributed by atoms with Crippen LogP contribution in [-0.4, -0.2) is 24.1 Å². The molecule has 0 radical (unpaired) electrons. The van der Waals surface area contributed by atoms with Gasteiger partial charge in [-0.3, -0.25) is 9.13 Å². The van der Waals surface area contributed by atoms with Crippen LogP contribution in [0.25, 0.3) is 89.0 Å². The van der Waals surface area contributed by atoms with E-state index in [0.717, 1.165) is 71.6 Å². The average molecular weight is 610 g/mol. The Hall–Kier alpha value is -6.34. The Labute approximate surface area is 269 Å². The Morgan fingerprint density at radius 2 is 1.11 bits per heavy atom. The van der Waals surface area contributed by atoms with Gasteiger partial charge in [-0.05, 0) is 52.9 Å². The summed E-state index contributed by atoms with van der Waals surface area (Å²) in [5.74, 6) is 1.78. The van der Waals surface area contributed by atoms with Gasteiger partial charge in [0.05, 0.1) is 11.0 Å². The first-order valence-corrected chi connectivity index (χ1v) is 15.4. The summed E-state index contributed by atoms with van der Waals surface area (Å²) in [6.07, 6.45) is 0. The van der Waals surface area contributed by atoms with E-state index in [4.69, 9.17) is 19.4 Å². The van der Waals surface area contributed by atoms with Gasteiger partial charge in [-0.25, -0.2) is 19.7 Å². The second-order valence-corrected chi connectivity index (χ2v) is 11.8. The molecule has 7 heteroatoms. The van der Waals surface area contributed by atoms with Crippen LogP contribution in [0.5, 0.6) is 0 Å². The van der Waals surface area contributed by atoms with Crippen LogP contribution in [0.4, 0.5) is 0 Å². The van der Waals surface area contributed by atoms with E-state index in [1.807, 2.05) is 78.9 Å². The van der Waals surface area contributed by atoms with Crippen molar-refractivity contribution in [2.24, 2.45) is 14.1 Å². The van der Waals surface area contributed by atoms with Crippen LogP contribution < -0.4 is 5.69 Å². The number of furan rings is 1. The highest BCUT2D eigenvalue weighted by molar-refractivity contribution is 6.15. The van der Waals surface area contributed by atoms with Crippen molar-refractivity contribution < 1.29 is 4.42 Å². The van der Waals surface area contributed by atoms with E-state index >= 15 is 0 Å². The number of hydrogen-bond acceptors (Lipinski definition) is 5. The monoisotopic (exact) mass is 609 g/mol. The third kappa shape index (κ3) is 4.35. The number of benzene rings is 6. The molecule has 7 nitrogen and oxygen atoms in total. The van der Waals surface area contributed by atoms with Gasteiger partial charge in [-0.1, -0.05) is 91.0 Å². The van der Waals surface area contributed by atoms with E-state index in [1.54, 1.807) is 23.2 Å². The molecule has 0 bridgehead atoms. The maximum atomic E-state index is 12.5. The Bertz CT molecular complexity index is 2720. The van der Waals surface area contributed by atoms with Crippen molar-refractivity contribution in [2.75, 3.05) is 0 Å². The minimum Gasteiger partial charge on any atom is -0.455 e. The number of nitrogens with zero attached hydrogens (tertiary/aromatic N) is 5. The van der Waals surface area contributed by atoms with E-state index in [2.05, 4.69) is 48.5 Å². The Morgan fingerprint density at radius 3 is 1.89 bits per heavy atom. The van der Waals surface area contributed by atoms with Gasteiger partial charge in [0, 0.05) is 46.9 Å². The minimum absolute atomic E-state index is 0.0408. The highest BCUT2D eigenvalue weighted by Gasteiger charge is 2.16. The average Bonchev–Trinajstić information content (AvgIpc) is 3.62. The van der Waals surface area contributed by atoms with Crippen LogP contribution in [0.1, 0.15) is 0 Å². The first-order chi connectivity index (χ1) is 23.0. The van der Waals surface area contributed by atoms with Crippen LogP contribution in [0.3, 0.4) is 0 Å². The molecule has 0 saturated heterocycles. The number of aryl methyl sites for hydroxylation is 2. The highest BCUT2D eigenvalue weighted by atomic mass is 16.3. The molecule has 0 amide bonds. The number of imidazole rings is 1. The van der Waals surface area contributed by atoms with Crippen LogP contribution in [0.2, 0.25) is 0 Å². The van der Waals surface area contributed by atoms with Gasteiger partial charge < -0.3 is 4.42 Å². The van der Waals surface area contributed by atoms with Crippen molar-refractivity contribution in [3.05, 3.63) is 138 Å². The van der Waals surface area contributed by atoms with Gasteiger partial charge in [-0.2, -0.15) is 0 Å². The van der Waals surface area contributed by atoms with Gasteiger partial charge in [0.1, 0.15) is 11.2 Å². The summed E-state index contributed by atoms with van der Waals surface area (Å²) in [6.45, 7) is 0. The third-order valence-electron chi connectivity index (χ3n) is 9.04. The minimum atomic E-state index is -0.0408. The lowest BCUT2D eigenvalue weighted by atomic mass is 10.0.